The van der Waals surface area contributed by atoms with Crippen LogP contribution in [0.5, 0.6) is 0 Å². The van der Waals surface area contributed by atoms with E-state index in [1.807, 2.05) is 0 Å². The monoisotopic (exact) mass is 275 g/mol. The van der Waals surface area contributed by atoms with Crippen LogP contribution in [-0.2, 0) is 4.79 Å². The fraction of sp³-hybridized carbons (Fsp3) is 0.500. The second-order valence-corrected chi connectivity index (χ2v) is 6.83. The van der Waals surface area contributed by atoms with Crippen molar-refractivity contribution in [2.75, 3.05) is 0 Å². The molecule has 2 nitrogen and oxygen atoms in total. The van der Waals surface area contributed by atoms with Crippen LogP contribution in [0.1, 0.15) is 39.2 Å². The van der Waals surface area contributed by atoms with Crippen LogP contribution in [0.4, 0.5) is 0 Å². The van der Waals surface area contributed by atoms with Gasteiger partial charge in [-0.3, -0.25) is 4.79 Å². The highest BCUT2D eigenvalue weighted by atomic mass is 35.5. The molecule has 0 radical (unpaired) electrons. The normalized spacial score (nSPS) is 21.5. The van der Waals surface area contributed by atoms with Crippen molar-refractivity contribution >= 4 is 17.4 Å². The molecule has 0 saturated heterocycles. The molecule has 0 aromatic heterocycles. The fourth-order valence-corrected chi connectivity index (χ4v) is 3.26. The zero-order valence-corrected chi connectivity index (χ0v) is 12.5. The number of carbonyl (C=O) groups excluding carboxylic acids is 1. The third-order valence-electron chi connectivity index (χ3n) is 4.90. The van der Waals surface area contributed by atoms with Crippen molar-refractivity contribution < 1.29 is 4.79 Å². The number of carbonyl (C=O) groups is 1. The summed E-state index contributed by atoms with van der Waals surface area (Å²) in [5.74, 6) is -0.770. The first-order valence-electron chi connectivity index (χ1n) is 6.42. The Hall–Kier alpha value is -1.33. The Morgan fingerprint density at radius 1 is 1.32 bits per heavy atom. The summed E-state index contributed by atoms with van der Waals surface area (Å²) in [6.45, 7) is 8.34. The minimum Gasteiger partial charge on any atom is -0.297 e. The van der Waals surface area contributed by atoms with E-state index in [2.05, 4.69) is 33.8 Å². The molecule has 1 fully saturated rings. The Kier molecular flexibility index (Phi) is 3.23. The van der Waals surface area contributed by atoms with Crippen LogP contribution in [0.2, 0.25) is 5.02 Å². The van der Waals surface area contributed by atoms with Gasteiger partial charge in [0, 0.05) is 10.9 Å². The number of halogens is 1. The van der Waals surface area contributed by atoms with Gasteiger partial charge >= 0.3 is 0 Å². The van der Waals surface area contributed by atoms with Crippen LogP contribution in [0.25, 0.3) is 0 Å². The summed E-state index contributed by atoms with van der Waals surface area (Å²) >= 11 is 5.94. The molecule has 1 atom stereocenters. The van der Waals surface area contributed by atoms with Crippen LogP contribution in [0.15, 0.2) is 24.3 Å². The number of ketones is 1. The van der Waals surface area contributed by atoms with E-state index in [1.54, 1.807) is 24.3 Å². The number of hydrogen-bond donors (Lipinski definition) is 0. The molecule has 100 valence electrons. The summed E-state index contributed by atoms with van der Waals surface area (Å²) in [6, 6.07) is 9.15. The predicted octanol–water partition coefficient (Wildman–Crippen LogP) is 4.20. The molecule has 0 aliphatic heterocycles. The van der Waals surface area contributed by atoms with Crippen molar-refractivity contribution in [2.45, 2.75) is 33.6 Å². The molecule has 1 aliphatic carbocycles. The van der Waals surface area contributed by atoms with Gasteiger partial charge in [0.25, 0.3) is 0 Å². The maximum atomic E-state index is 12.6. The van der Waals surface area contributed by atoms with Crippen molar-refractivity contribution in [1.29, 1.82) is 5.26 Å². The highest BCUT2D eigenvalue weighted by Gasteiger charge is 2.68. The maximum Gasteiger partial charge on any atom is 0.158 e. The second-order valence-electron chi connectivity index (χ2n) is 6.40. The van der Waals surface area contributed by atoms with E-state index >= 15 is 0 Å². The van der Waals surface area contributed by atoms with Crippen LogP contribution in [0, 0.1) is 28.1 Å². The molecule has 3 heteroatoms. The number of nitrogens with zero attached hydrogens (tertiary/aromatic N) is 1. The van der Waals surface area contributed by atoms with Gasteiger partial charge < -0.3 is 0 Å². The number of rotatable bonds is 3. The Morgan fingerprint density at radius 3 is 2.32 bits per heavy atom. The van der Waals surface area contributed by atoms with Gasteiger partial charge in [-0.1, -0.05) is 51.4 Å². The lowest BCUT2D eigenvalue weighted by molar-refractivity contribution is -0.121. The maximum absolute atomic E-state index is 12.6. The SMILES string of the molecule is CC1(C)C(C(=O)C(C#N)c2cccc(Cl)c2)C1(C)C. The molecule has 0 bridgehead atoms. The lowest BCUT2D eigenvalue weighted by atomic mass is 9.90. The molecule has 2 rings (SSSR count). The largest absolute Gasteiger partial charge is 0.297 e. The molecule has 0 N–H and O–H groups in total. The third kappa shape index (κ3) is 2.07. The highest BCUT2D eigenvalue weighted by molar-refractivity contribution is 6.30. The van der Waals surface area contributed by atoms with E-state index in [0.717, 1.165) is 0 Å². The van der Waals surface area contributed by atoms with Gasteiger partial charge in [-0.25, -0.2) is 0 Å². The molecule has 1 aliphatic rings. The third-order valence-corrected chi connectivity index (χ3v) is 5.14. The Labute approximate surface area is 119 Å². The highest BCUT2D eigenvalue weighted by Crippen LogP contribution is 2.69. The molecule has 0 spiro atoms. The van der Waals surface area contributed by atoms with E-state index in [9.17, 15) is 10.1 Å². The Bertz CT molecular complexity index is 554. The molecule has 19 heavy (non-hydrogen) atoms. The first-order chi connectivity index (χ1) is 8.73. The van der Waals surface area contributed by atoms with Gasteiger partial charge in [-0.05, 0) is 28.5 Å². The number of benzene rings is 1. The molecule has 0 amide bonds. The average Bonchev–Trinajstić information content (AvgIpc) is 2.70. The second kappa shape index (κ2) is 4.35. The Balaban J connectivity index is 2.31. The fourth-order valence-electron chi connectivity index (χ4n) is 3.06. The molecule has 1 aromatic rings. The first kappa shape index (κ1) is 14.1. The summed E-state index contributed by atoms with van der Waals surface area (Å²) in [7, 11) is 0. The number of nitriles is 1. The minimum absolute atomic E-state index is 0.0137. The smallest absolute Gasteiger partial charge is 0.158 e. The average molecular weight is 276 g/mol. The van der Waals surface area contributed by atoms with Gasteiger partial charge in [-0.15, -0.1) is 0 Å². The zero-order chi connectivity index (χ0) is 14.4. The van der Waals surface area contributed by atoms with Crippen molar-refractivity contribution in [3.8, 4) is 6.07 Å². The van der Waals surface area contributed by atoms with Crippen LogP contribution < -0.4 is 0 Å². The standard InChI is InChI=1S/C16H18ClNO/c1-15(2)14(16(15,3)4)13(19)12(9-18)10-6-5-7-11(17)8-10/h5-8,12,14H,1-4H3. The lowest BCUT2D eigenvalue weighted by Gasteiger charge is -2.10. The van der Waals surface area contributed by atoms with Gasteiger partial charge in [0.1, 0.15) is 5.92 Å². The number of Topliss-reactive ketones (excluding diaryl/α,β-unsaturated/α-hetero) is 1. The lowest BCUT2D eigenvalue weighted by Crippen LogP contribution is -2.16. The van der Waals surface area contributed by atoms with Crippen molar-refractivity contribution in [2.24, 2.45) is 16.7 Å². The van der Waals surface area contributed by atoms with Crippen LogP contribution >= 0.6 is 11.6 Å². The van der Waals surface area contributed by atoms with E-state index in [0.29, 0.717) is 10.6 Å². The van der Waals surface area contributed by atoms with E-state index in [1.165, 1.54) is 0 Å². The predicted molar refractivity (Wildman–Crippen MR) is 75.9 cm³/mol. The van der Waals surface area contributed by atoms with Gasteiger partial charge in [0.15, 0.2) is 5.78 Å². The van der Waals surface area contributed by atoms with E-state index < -0.39 is 5.92 Å². The van der Waals surface area contributed by atoms with Crippen molar-refractivity contribution in [1.82, 2.24) is 0 Å². The summed E-state index contributed by atoms with van der Waals surface area (Å²) in [4.78, 5) is 12.6. The quantitative estimate of drug-likeness (QED) is 0.829. The van der Waals surface area contributed by atoms with Crippen LogP contribution in [-0.4, -0.2) is 5.78 Å². The van der Waals surface area contributed by atoms with Crippen LogP contribution in [0.3, 0.4) is 0 Å². The minimum atomic E-state index is -0.718. The van der Waals surface area contributed by atoms with Gasteiger partial charge in [0.2, 0.25) is 0 Å². The molecule has 0 heterocycles. The summed E-state index contributed by atoms with van der Waals surface area (Å²) in [6.07, 6.45) is 0. The molecular weight excluding hydrogens is 258 g/mol. The van der Waals surface area contributed by atoms with Gasteiger partial charge in [-0.2, -0.15) is 5.26 Å². The summed E-state index contributed by atoms with van der Waals surface area (Å²) in [5.41, 5.74) is 0.605. The van der Waals surface area contributed by atoms with E-state index in [-0.39, 0.29) is 22.5 Å². The summed E-state index contributed by atoms with van der Waals surface area (Å²) in [5, 5.41) is 9.90. The molecule has 1 aromatic carbocycles. The van der Waals surface area contributed by atoms with Gasteiger partial charge in [0.05, 0.1) is 6.07 Å². The van der Waals surface area contributed by atoms with Crippen molar-refractivity contribution in [3.05, 3.63) is 34.9 Å². The Morgan fingerprint density at radius 2 is 1.89 bits per heavy atom. The van der Waals surface area contributed by atoms with Crippen molar-refractivity contribution in [3.63, 3.8) is 0 Å². The molecular formula is C16H18ClNO. The zero-order valence-electron chi connectivity index (χ0n) is 11.7. The summed E-state index contributed by atoms with van der Waals surface area (Å²) < 4.78 is 0. The molecule has 1 unspecified atom stereocenters. The molecule has 1 saturated carbocycles. The van der Waals surface area contributed by atoms with E-state index in [4.69, 9.17) is 11.6 Å². The topological polar surface area (TPSA) is 40.9 Å². The first-order valence-corrected chi connectivity index (χ1v) is 6.80. The number of hydrogen-bond acceptors (Lipinski definition) is 2.